The van der Waals surface area contributed by atoms with E-state index in [-0.39, 0.29) is 28.6 Å². The van der Waals surface area contributed by atoms with Gasteiger partial charge in [0.25, 0.3) is 0 Å². The summed E-state index contributed by atoms with van der Waals surface area (Å²) in [5, 5.41) is 0. The predicted octanol–water partition coefficient (Wildman–Crippen LogP) is -1.12. The van der Waals surface area contributed by atoms with Gasteiger partial charge in [-0.05, 0) is 21.1 Å². The third-order valence-corrected chi connectivity index (χ3v) is 0. The van der Waals surface area contributed by atoms with E-state index in [1.54, 1.807) is 0 Å². The molecule has 1 nitrogen and oxygen atoms in total. The first-order valence-electron chi connectivity index (χ1n) is 1.34. The molecule has 6 heavy (non-hydrogen) atoms. The van der Waals surface area contributed by atoms with Gasteiger partial charge in [0.2, 0.25) is 0 Å². The van der Waals surface area contributed by atoms with Gasteiger partial charge < -0.3 is 4.90 Å². The van der Waals surface area contributed by atoms with Crippen molar-refractivity contribution in [3.63, 3.8) is 0 Å². The summed E-state index contributed by atoms with van der Waals surface area (Å²) < 4.78 is 0. The number of hydrogen-bond donors (Lipinski definition) is 0. The molecule has 0 spiro atoms. The Morgan fingerprint density at radius 2 is 1.00 bits per heavy atom. The number of nitrogens with zero attached hydrogens (tertiary/aromatic N) is 1. The maximum atomic E-state index is 2.00. The Kier molecular flexibility index (Phi) is 24.4. The van der Waals surface area contributed by atoms with Crippen LogP contribution in [0.5, 0.6) is 0 Å². The summed E-state index contributed by atoms with van der Waals surface area (Å²) in [4.78, 5) is 2.00. The van der Waals surface area contributed by atoms with Gasteiger partial charge in [0.1, 0.15) is 0 Å². The third-order valence-electron chi connectivity index (χ3n) is 0. The van der Waals surface area contributed by atoms with Gasteiger partial charge >= 0.3 is 23.9 Å². The first-order chi connectivity index (χ1) is 1.73. The molecule has 0 amide bonds. The molecule has 0 atom stereocenters. The fourth-order valence-corrected chi connectivity index (χ4v) is 0. The molecule has 0 bridgehead atoms. The Morgan fingerprint density at radius 1 is 1.00 bits per heavy atom. The molecule has 0 heterocycles. The van der Waals surface area contributed by atoms with Crippen molar-refractivity contribution in [2.24, 2.45) is 0 Å². The molecular formula is C3H14FNSn. The van der Waals surface area contributed by atoms with Crippen molar-refractivity contribution in [3.8, 4) is 0 Å². The van der Waals surface area contributed by atoms with E-state index < -0.39 is 0 Å². The molecule has 0 fully saturated rings. The van der Waals surface area contributed by atoms with Crippen LogP contribution in [0.25, 0.3) is 0 Å². The topological polar surface area (TPSA) is 3.24 Å². The van der Waals surface area contributed by atoms with Crippen molar-refractivity contribution in [2.45, 2.75) is 0 Å². The van der Waals surface area contributed by atoms with Gasteiger partial charge in [-0.3, -0.25) is 4.70 Å². The van der Waals surface area contributed by atoms with E-state index in [4.69, 9.17) is 0 Å². The van der Waals surface area contributed by atoms with Crippen LogP contribution in [0.15, 0.2) is 0 Å². The zero-order valence-electron chi connectivity index (χ0n) is 3.86. The summed E-state index contributed by atoms with van der Waals surface area (Å²) in [6, 6.07) is 0. The minimum atomic E-state index is 0. The Hall–Kier alpha value is 0.689. The van der Waals surface area contributed by atoms with E-state index in [2.05, 4.69) is 0 Å². The summed E-state index contributed by atoms with van der Waals surface area (Å²) in [5.41, 5.74) is 0. The average Bonchev–Trinajstić information content (AvgIpc) is 0.811. The molecule has 0 unspecified atom stereocenters. The molecule has 0 aliphatic carbocycles. The van der Waals surface area contributed by atoms with Gasteiger partial charge in [0.15, 0.2) is 0 Å². The molecule has 3 heteroatoms. The van der Waals surface area contributed by atoms with Crippen molar-refractivity contribution >= 4 is 23.9 Å². The van der Waals surface area contributed by atoms with E-state index in [1.165, 1.54) is 0 Å². The summed E-state index contributed by atoms with van der Waals surface area (Å²) in [6.45, 7) is 0. The van der Waals surface area contributed by atoms with Crippen molar-refractivity contribution in [1.29, 1.82) is 0 Å². The summed E-state index contributed by atoms with van der Waals surface area (Å²) >= 11 is 0. The van der Waals surface area contributed by atoms with Gasteiger partial charge in [0.05, 0.1) is 0 Å². The van der Waals surface area contributed by atoms with E-state index in [9.17, 15) is 0 Å². The number of hydrogen-bond acceptors (Lipinski definition) is 1. The Balaban J connectivity index is -0.0000000450. The molecular weight excluding hydrogens is 188 g/mol. The van der Waals surface area contributed by atoms with Gasteiger partial charge in [-0.25, -0.2) is 0 Å². The molecule has 0 aliphatic rings. The molecule has 0 aromatic rings. The van der Waals surface area contributed by atoms with Crippen LogP contribution in [0.2, 0.25) is 0 Å². The zero-order valence-corrected chi connectivity index (χ0v) is 3.86. The summed E-state index contributed by atoms with van der Waals surface area (Å²) in [6.07, 6.45) is 0. The van der Waals surface area contributed by atoms with Gasteiger partial charge in [-0.2, -0.15) is 0 Å². The number of rotatable bonds is 0. The van der Waals surface area contributed by atoms with Crippen LogP contribution in [0.1, 0.15) is 0 Å². The quantitative estimate of drug-likeness (QED) is 0.449. The first-order valence-corrected chi connectivity index (χ1v) is 1.34. The number of halogens is 1. The second-order valence-corrected chi connectivity index (χ2v) is 1.34. The Bertz CT molecular complexity index is 15.5. The normalized spacial score (nSPS) is 6.00. The van der Waals surface area contributed by atoms with Crippen molar-refractivity contribution < 1.29 is 4.70 Å². The van der Waals surface area contributed by atoms with Gasteiger partial charge in [-0.1, -0.05) is 0 Å². The molecule has 0 aliphatic heterocycles. The molecule has 0 rings (SSSR count). The van der Waals surface area contributed by atoms with Crippen LogP contribution in [0.4, 0.5) is 4.70 Å². The fraction of sp³-hybridized carbons (Fsp3) is 1.00. The average molecular weight is 202 g/mol. The Labute approximate surface area is 55.0 Å². The molecule has 0 saturated carbocycles. The van der Waals surface area contributed by atoms with Gasteiger partial charge in [-0.15, -0.1) is 0 Å². The zero-order chi connectivity index (χ0) is 3.58. The second-order valence-electron chi connectivity index (χ2n) is 1.34. The van der Waals surface area contributed by atoms with Crippen LogP contribution in [-0.4, -0.2) is 50.0 Å². The van der Waals surface area contributed by atoms with E-state index in [0.29, 0.717) is 0 Å². The SMILES string of the molecule is CN(C)C.F.[SnH4]. The predicted molar refractivity (Wildman–Crippen MR) is 33.4 cm³/mol. The van der Waals surface area contributed by atoms with Crippen LogP contribution in [0, 0.1) is 0 Å². The second kappa shape index (κ2) is 9.19. The molecule has 0 radical (unpaired) electrons. The Morgan fingerprint density at radius 3 is 1.00 bits per heavy atom. The molecule has 0 N–H and O–H groups in total. The van der Waals surface area contributed by atoms with Crippen molar-refractivity contribution in [2.75, 3.05) is 21.1 Å². The third kappa shape index (κ3) is 135. The molecule has 0 aromatic heterocycles. The first kappa shape index (κ1) is 15.9. The maximum absolute atomic E-state index is 2.00. The van der Waals surface area contributed by atoms with E-state index in [0.717, 1.165) is 0 Å². The van der Waals surface area contributed by atoms with Crippen molar-refractivity contribution in [1.82, 2.24) is 4.90 Å². The molecule has 0 aromatic carbocycles. The summed E-state index contributed by atoms with van der Waals surface area (Å²) in [5.74, 6) is 0. The van der Waals surface area contributed by atoms with Gasteiger partial charge in [0, 0.05) is 0 Å². The van der Waals surface area contributed by atoms with Crippen LogP contribution in [-0.2, 0) is 0 Å². The molecule has 42 valence electrons. The van der Waals surface area contributed by atoms with E-state index >= 15 is 0 Å². The fourth-order valence-electron chi connectivity index (χ4n) is 0. The minimum absolute atomic E-state index is 0. The van der Waals surface area contributed by atoms with Crippen molar-refractivity contribution in [3.05, 3.63) is 0 Å². The van der Waals surface area contributed by atoms with Crippen LogP contribution >= 0.6 is 0 Å². The van der Waals surface area contributed by atoms with Crippen LogP contribution in [0.3, 0.4) is 0 Å². The molecule has 0 saturated heterocycles. The van der Waals surface area contributed by atoms with E-state index in [1.807, 2.05) is 26.0 Å². The summed E-state index contributed by atoms with van der Waals surface area (Å²) in [7, 11) is 6.00. The monoisotopic (exact) mass is 203 g/mol. The standard InChI is InChI=1S/C3H9N.FH.Sn.4H/c1-4(2)3;;;;;;/h1-3H3;1H;;;;;. The van der Waals surface area contributed by atoms with Crippen LogP contribution < -0.4 is 0 Å².